The Labute approximate surface area is 161 Å². The molecule has 0 aliphatic heterocycles. The Hall–Kier alpha value is -0.340. The van der Waals surface area contributed by atoms with Gasteiger partial charge in [0.1, 0.15) is 0 Å². The molecule has 1 heterocycles. The molecule has 132 valence electrons. The molecule has 0 saturated heterocycles. The van der Waals surface area contributed by atoms with Crippen LogP contribution in [-0.4, -0.2) is 32.3 Å². The van der Waals surface area contributed by atoms with Gasteiger partial charge in [0.25, 0.3) is 0 Å². The molecule has 0 unspecified atom stereocenters. The summed E-state index contributed by atoms with van der Waals surface area (Å²) in [5.74, 6) is 0.865. The van der Waals surface area contributed by atoms with E-state index in [1.807, 2.05) is 18.4 Å². The van der Waals surface area contributed by atoms with Crippen molar-refractivity contribution in [2.45, 2.75) is 58.1 Å². The third-order valence-corrected chi connectivity index (χ3v) is 4.97. The minimum Gasteiger partial charge on any atom is -0.378 e. The summed E-state index contributed by atoms with van der Waals surface area (Å²) in [5, 5.41) is 6.70. The molecule has 6 heteroatoms. The van der Waals surface area contributed by atoms with Crippen molar-refractivity contribution in [3.05, 3.63) is 21.9 Å². The molecule has 2 N–H and O–H groups in total. The molecular formula is C17H30IN3OS. The van der Waals surface area contributed by atoms with Crippen molar-refractivity contribution in [3.63, 3.8) is 0 Å². The van der Waals surface area contributed by atoms with Crippen molar-refractivity contribution >= 4 is 41.3 Å². The average Bonchev–Trinajstić information content (AvgIpc) is 2.96. The van der Waals surface area contributed by atoms with Crippen LogP contribution in [0.15, 0.2) is 17.1 Å². The zero-order valence-electron chi connectivity index (χ0n) is 14.3. The minimum atomic E-state index is 0. The quantitative estimate of drug-likeness (QED) is 0.284. The van der Waals surface area contributed by atoms with Crippen LogP contribution in [0.2, 0.25) is 0 Å². The van der Waals surface area contributed by atoms with Crippen molar-refractivity contribution in [2.75, 3.05) is 20.2 Å². The van der Waals surface area contributed by atoms with E-state index in [-0.39, 0.29) is 24.0 Å². The van der Waals surface area contributed by atoms with E-state index < -0.39 is 0 Å². The van der Waals surface area contributed by atoms with Crippen molar-refractivity contribution < 1.29 is 4.74 Å². The number of rotatable bonds is 7. The largest absolute Gasteiger partial charge is 0.378 e. The first-order valence-electron chi connectivity index (χ1n) is 8.39. The maximum Gasteiger partial charge on any atom is 0.191 e. The van der Waals surface area contributed by atoms with E-state index in [0.29, 0.717) is 6.10 Å². The monoisotopic (exact) mass is 451 g/mol. The topological polar surface area (TPSA) is 45.7 Å². The van der Waals surface area contributed by atoms with Crippen LogP contribution in [0.25, 0.3) is 0 Å². The van der Waals surface area contributed by atoms with E-state index in [0.717, 1.165) is 32.1 Å². The van der Waals surface area contributed by atoms with Gasteiger partial charge >= 0.3 is 0 Å². The lowest BCUT2D eigenvalue weighted by Crippen LogP contribution is -2.37. The second-order valence-electron chi connectivity index (χ2n) is 5.85. The summed E-state index contributed by atoms with van der Waals surface area (Å²) >= 11 is 1.82. The second-order valence-corrected chi connectivity index (χ2v) is 7.22. The molecule has 4 nitrogen and oxygen atoms in total. The van der Waals surface area contributed by atoms with E-state index in [1.165, 1.54) is 41.9 Å². The van der Waals surface area contributed by atoms with Crippen molar-refractivity contribution in [1.29, 1.82) is 0 Å². The molecule has 0 aromatic carbocycles. The first-order valence-corrected chi connectivity index (χ1v) is 9.21. The van der Waals surface area contributed by atoms with Crippen LogP contribution in [0, 0.1) is 6.92 Å². The molecule has 1 aromatic heterocycles. The van der Waals surface area contributed by atoms with Gasteiger partial charge in [-0.1, -0.05) is 19.3 Å². The third-order valence-electron chi connectivity index (χ3n) is 3.97. The van der Waals surface area contributed by atoms with Crippen LogP contribution in [0.4, 0.5) is 0 Å². The van der Waals surface area contributed by atoms with Gasteiger partial charge in [0, 0.05) is 30.0 Å². The van der Waals surface area contributed by atoms with E-state index in [4.69, 9.17) is 4.74 Å². The molecule has 0 spiro atoms. The molecule has 0 amide bonds. The fourth-order valence-corrected chi connectivity index (χ4v) is 3.56. The van der Waals surface area contributed by atoms with Crippen molar-refractivity contribution in [1.82, 2.24) is 10.6 Å². The molecule has 0 atom stereocenters. The Morgan fingerprint density at radius 1 is 1.26 bits per heavy atom. The number of nitrogens with zero attached hydrogens (tertiary/aromatic N) is 1. The van der Waals surface area contributed by atoms with Crippen LogP contribution in [-0.2, 0) is 11.3 Å². The standard InChI is InChI=1S/C17H29N3OS.HI/c1-14-9-10-16(22-14)13-20-17(18-2)19-11-6-12-21-15-7-4-3-5-8-15;/h9-10,15H,3-8,11-13H2,1-2H3,(H2,18,19,20);1H. The lowest BCUT2D eigenvalue weighted by molar-refractivity contribution is 0.0277. The van der Waals surface area contributed by atoms with Crippen LogP contribution >= 0.6 is 35.3 Å². The van der Waals surface area contributed by atoms with E-state index >= 15 is 0 Å². The Kier molecular flexibility index (Phi) is 10.9. The van der Waals surface area contributed by atoms with Gasteiger partial charge in [-0.3, -0.25) is 4.99 Å². The SMILES string of the molecule is CN=C(NCCCOC1CCCCC1)NCc1ccc(C)s1.I. The predicted octanol–water partition coefficient (Wildman–Crippen LogP) is 4.08. The van der Waals surface area contributed by atoms with Crippen LogP contribution in [0.1, 0.15) is 48.3 Å². The fourth-order valence-electron chi connectivity index (χ4n) is 2.73. The highest BCUT2D eigenvalue weighted by Crippen LogP contribution is 2.20. The number of hydrogen-bond acceptors (Lipinski definition) is 3. The third kappa shape index (κ3) is 8.35. The molecule has 23 heavy (non-hydrogen) atoms. The first-order chi connectivity index (χ1) is 10.8. The van der Waals surface area contributed by atoms with Gasteiger partial charge in [-0.2, -0.15) is 0 Å². The summed E-state index contributed by atoms with van der Waals surface area (Å²) < 4.78 is 5.93. The van der Waals surface area contributed by atoms with Crippen molar-refractivity contribution in [2.24, 2.45) is 4.99 Å². The fraction of sp³-hybridized carbons (Fsp3) is 0.706. The van der Waals surface area contributed by atoms with Gasteiger partial charge in [-0.15, -0.1) is 35.3 Å². The van der Waals surface area contributed by atoms with Crippen LogP contribution in [0.3, 0.4) is 0 Å². The number of aryl methyl sites for hydroxylation is 1. The normalized spacial score (nSPS) is 16.0. The number of ether oxygens (including phenoxy) is 1. The van der Waals surface area contributed by atoms with Gasteiger partial charge < -0.3 is 15.4 Å². The highest BCUT2D eigenvalue weighted by atomic mass is 127. The van der Waals surface area contributed by atoms with Gasteiger partial charge in [-0.25, -0.2) is 0 Å². The maximum atomic E-state index is 5.93. The van der Waals surface area contributed by atoms with E-state index in [9.17, 15) is 0 Å². The lowest BCUT2D eigenvalue weighted by Gasteiger charge is -2.22. The Morgan fingerprint density at radius 3 is 2.70 bits per heavy atom. The zero-order valence-corrected chi connectivity index (χ0v) is 17.4. The number of aliphatic imine (C=N–C) groups is 1. The Bertz CT molecular complexity index is 458. The summed E-state index contributed by atoms with van der Waals surface area (Å²) in [6.07, 6.45) is 8.08. The molecular weight excluding hydrogens is 421 g/mol. The Morgan fingerprint density at radius 2 is 2.04 bits per heavy atom. The second kappa shape index (κ2) is 12.1. The molecule has 2 rings (SSSR count). The predicted molar refractivity (Wildman–Crippen MR) is 110 cm³/mol. The Balaban J connectivity index is 0.00000264. The van der Waals surface area contributed by atoms with Gasteiger partial charge in [0.2, 0.25) is 0 Å². The van der Waals surface area contributed by atoms with Gasteiger partial charge in [0.05, 0.1) is 12.6 Å². The number of guanidine groups is 1. The van der Waals surface area contributed by atoms with Crippen LogP contribution < -0.4 is 10.6 Å². The summed E-state index contributed by atoms with van der Waals surface area (Å²) in [6.45, 7) is 4.71. The number of thiophene rings is 1. The van der Waals surface area contributed by atoms with Gasteiger partial charge in [0.15, 0.2) is 5.96 Å². The average molecular weight is 451 g/mol. The van der Waals surface area contributed by atoms with Crippen molar-refractivity contribution in [3.8, 4) is 0 Å². The molecule has 1 aliphatic rings. The molecule has 1 aliphatic carbocycles. The molecule has 1 fully saturated rings. The zero-order chi connectivity index (χ0) is 15.6. The number of halogens is 1. The lowest BCUT2D eigenvalue weighted by atomic mass is 9.98. The summed E-state index contributed by atoms with van der Waals surface area (Å²) in [6, 6.07) is 4.32. The highest BCUT2D eigenvalue weighted by molar-refractivity contribution is 14.0. The summed E-state index contributed by atoms with van der Waals surface area (Å²) in [7, 11) is 1.81. The molecule has 0 bridgehead atoms. The van der Waals surface area contributed by atoms with E-state index in [1.54, 1.807) is 0 Å². The maximum absolute atomic E-state index is 5.93. The number of hydrogen-bond donors (Lipinski definition) is 2. The highest BCUT2D eigenvalue weighted by Gasteiger charge is 2.12. The minimum absolute atomic E-state index is 0. The molecule has 1 saturated carbocycles. The smallest absolute Gasteiger partial charge is 0.191 e. The molecule has 1 aromatic rings. The van der Waals surface area contributed by atoms with Gasteiger partial charge in [-0.05, 0) is 38.3 Å². The molecule has 0 radical (unpaired) electrons. The first kappa shape index (κ1) is 20.7. The number of nitrogens with one attached hydrogen (secondary N) is 2. The van der Waals surface area contributed by atoms with E-state index in [2.05, 4.69) is 34.7 Å². The summed E-state index contributed by atoms with van der Waals surface area (Å²) in [4.78, 5) is 6.94. The summed E-state index contributed by atoms with van der Waals surface area (Å²) in [5.41, 5.74) is 0. The van der Waals surface area contributed by atoms with Crippen LogP contribution in [0.5, 0.6) is 0 Å².